The van der Waals surface area contributed by atoms with Gasteiger partial charge in [0, 0.05) is 15.0 Å². The van der Waals surface area contributed by atoms with E-state index in [0.29, 0.717) is 14.5 Å². The third-order valence-corrected chi connectivity index (χ3v) is 2.68. The molecule has 0 saturated carbocycles. The molecule has 0 aliphatic carbocycles. The summed E-state index contributed by atoms with van der Waals surface area (Å²) >= 11 is 6.39. The highest BCUT2D eigenvalue weighted by Crippen LogP contribution is 2.30. The molecule has 0 aromatic heterocycles. The summed E-state index contributed by atoms with van der Waals surface area (Å²) in [6.45, 7) is 0. The van der Waals surface area contributed by atoms with Gasteiger partial charge in [-0.2, -0.15) is 13.2 Å². The lowest BCUT2D eigenvalue weighted by Gasteiger charge is -2.15. The first-order valence-electron chi connectivity index (χ1n) is 4.06. The molecular weight excluding hydrogens is 374 g/mol. The van der Waals surface area contributed by atoms with Crippen LogP contribution in [0.25, 0.3) is 0 Å². The molecule has 1 rings (SSSR count). The van der Waals surface area contributed by atoms with E-state index in [1.165, 1.54) is 0 Å². The summed E-state index contributed by atoms with van der Waals surface area (Å²) in [4.78, 5) is 0. The van der Waals surface area contributed by atoms with E-state index in [-0.39, 0.29) is 12.4 Å². The second-order valence-electron chi connectivity index (χ2n) is 3.13. The first-order chi connectivity index (χ1) is 6.78. The van der Waals surface area contributed by atoms with E-state index in [2.05, 4.69) is 31.9 Å². The number of nitrogens with two attached hydrogens (primary N) is 1. The van der Waals surface area contributed by atoms with E-state index >= 15 is 0 Å². The molecule has 0 saturated heterocycles. The van der Waals surface area contributed by atoms with Gasteiger partial charge in [0.05, 0.1) is 6.42 Å². The Hall–Kier alpha value is 0.220. The van der Waals surface area contributed by atoms with Gasteiger partial charge in [0.1, 0.15) is 0 Å². The van der Waals surface area contributed by atoms with E-state index in [1.807, 2.05) is 0 Å². The number of alkyl halides is 3. The normalized spacial score (nSPS) is 13.1. The third kappa shape index (κ3) is 5.52. The Labute approximate surface area is 114 Å². The molecule has 0 radical (unpaired) electrons. The smallest absolute Gasteiger partial charge is 0.324 e. The maximum Gasteiger partial charge on any atom is 0.390 e. The predicted octanol–water partition coefficient (Wildman–Crippen LogP) is 4.59. The highest BCUT2D eigenvalue weighted by atomic mass is 79.9. The van der Waals surface area contributed by atoms with Crippen molar-refractivity contribution in [1.82, 2.24) is 0 Å². The van der Waals surface area contributed by atoms with Crippen LogP contribution < -0.4 is 5.73 Å². The fourth-order valence-electron chi connectivity index (χ4n) is 1.16. The highest BCUT2D eigenvalue weighted by Gasteiger charge is 2.31. The molecule has 1 aromatic carbocycles. The molecule has 0 spiro atoms. The van der Waals surface area contributed by atoms with Crippen LogP contribution in [0.5, 0.6) is 0 Å². The maximum atomic E-state index is 12.1. The largest absolute Gasteiger partial charge is 0.390 e. The van der Waals surface area contributed by atoms with E-state index in [4.69, 9.17) is 5.73 Å². The monoisotopic (exact) mass is 381 g/mol. The molecule has 7 heteroatoms. The molecule has 0 fully saturated rings. The fraction of sp³-hybridized carbons (Fsp3) is 0.333. The van der Waals surface area contributed by atoms with Crippen molar-refractivity contribution in [1.29, 1.82) is 0 Å². The van der Waals surface area contributed by atoms with Gasteiger partial charge in [0.25, 0.3) is 0 Å². The molecule has 0 unspecified atom stereocenters. The minimum Gasteiger partial charge on any atom is -0.324 e. The number of hydrogen-bond acceptors (Lipinski definition) is 1. The average molecular weight is 383 g/mol. The second kappa shape index (κ2) is 6.23. The van der Waals surface area contributed by atoms with Crippen LogP contribution in [-0.2, 0) is 0 Å². The standard InChI is InChI=1S/C9H8Br2F3N.ClH/c10-6-1-5(2-7(11)3-6)8(15)4-9(12,13)14;/h1-3,8H,4,15H2;1H/t8-;/m1./s1. The van der Waals surface area contributed by atoms with Crippen molar-refractivity contribution in [3.05, 3.63) is 32.7 Å². The number of benzene rings is 1. The van der Waals surface area contributed by atoms with E-state index in [9.17, 15) is 13.2 Å². The van der Waals surface area contributed by atoms with Gasteiger partial charge in [0.2, 0.25) is 0 Å². The molecule has 0 bridgehead atoms. The molecule has 0 amide bonds. The van der Waals surface area contributed by atoms with Crippen LogP contribution in [0, 0.1) is 0 Å². The van der Waals surface area contributed by atoms with Crippen LogP contribution in [0.2, 0.25) is 0 Å². The zero-order chi connectivity index (χ0) is 11.6. The molecule has 1 atom stereocenters. The van der Waals surface area contributed by atoms with Gasteiger partial charge in [-0.05, 0) is 23.8 Å². The summed E-state index contributed by atoms with van der Waals surface area (Å²) in [6, 6.07) is 3.88. The molecule has 1 aromatic rings. The third-order valence-electron chi connectivity index (χ3n) is 1.76. The zero-order valence-electron chi connectivity index (χ0n) is 7.89. The van der Waals surface area contributed by atoms with Crippen LogP contribution in [-0.4, -0.2) is 6.18 Å². The van der Waals surface area contributed by atoms with Crippen molar-refractivity contribution in [2.45, 2.75) is 18.6 Å². The molecular formula is C9H9Br2ClF3N. The summed E-state index contributed by atoms with van der Waals surface area (Å²) in [5.41, 5.74) is 5.91. The Morgan fingerprint density at radius 3 is 1.94 bits per heavy atom. The Balaban J connectivity index is 0.00000225. The molecule has 0 aliphatic heterocycles. The van der Waals surface area contributed by atoms with Crippen LogP contribution in [0.1, 0.15) is 18.0 Å². The van der Waals surface area contributed by atoms with Crippen molar-refractivity contribution in [3.63, 3.8) is 0 Å². The molecule has 92 valence electrons. The first kappa shape index (κ1) is 16.2. The quantitative estimate of drug-likeness (QED) is 0.795. The van der Waals surface area contributed by atoms with Crippen LogP contribution in [0.15, 0.2) is 27.1 Å². The topological polar surface area (TPSA) is 26.0 Å². The van der Waals surface area contributed by atoms with Gasteiger partial charge < -0.3 is 5.73 Å². The lowest BCUT2D eigenvalue weighted by Crippen LogP contribution is -2.20. The average Bonchev–Trinajstić information content (AvgIpc) is 1.98. The minimum atomic E-state index is -4.24. The van der Waals surface area contributed by atoms with Crippen molar-refractivity contribution in [3.8, 4) is 0 Å². The van der Waals surface area contributed by atoms with Crippen LogP contribution in [0.4, 0.5) is 13.2 Å². The van der Waals surface area contributed by atoms with Crippen molar-refractivity contribution in [2.75, 3.05) is 0 Å². The number of halogens is 6. The van der Waals surface area contributed by atoms with Crippen molar-refractivity contribution >= 4 is 44.3 Å². The second-order valence-corrected chi connectivity index (χ2v) is 4.96. The molecule has 0 aliphatic rings. The Morgan fingerprint density at radius 1 is 1.12 bits per heavy atom. The SMILES string of the molecule is Cl.N[C@H](CC(F)(F)F)c1cc(Br)cc(Br)c1. The van der Waals surface area contributed by atoms with Gasteiger partial charge in [-0.1, -0.05) is 31.9 Å². The summed E-state index contributed by atoms with van der Waals surface area (Å²) in [5.74, 6) is 0. The number of rotatable bonds is 2. The van der Waals surface area contributed by atoms with Gasteiger partial charge in [0.15, 0.2) is 0 Å². The summed E-state index contributed by atoms with van der Waals surface area (Å²) in [6.07, 6.45) is -5.26. The van der Waals surface area contributed by atoms with Crippen molar-refractivity contribution in [2.24, 2.45) is 5.73 Å². The van der Waals surface area contributed by atoms with Gasteiger partial charge >= 0.3 is 6.18 Å². The molecule has 16 heavy (non-hydrogen) atoms. The predicted molar refractivity (Wildman–Crippen MR) is 66.7 cm³/mol. The molecule has 0 heterocycles. The highest BCUT2D eigenvalue weighted by molar-refractivity contribution is 9.11. The maximum absolute atomic E-state index is 12.1. The van der Waals surface area contributed by atoms with E-state index < -0.39 is 18.6 Å². The van der Waals surface area contributed by atoms with E-state index in [1.54, 1.807) is 18.2 Å². The van der Waals surface area contributed by atoms with Crippen molar-refractivity contribution < 1.29 is 13.2 Å². The molecule has 2 N–H and O–H groups in total. The van der Waals surface area contributed by atoms with Gasteiger partial charge in [-0.15, -0.1) is 12.4 Å². The Morgan fingerprint density at radius 2 is 1.56 bits per heavy atom. The van der Waals surface area contributed by atoms with Crippen LogP contribution in [0.3, 0.4) is 0 Å². The number of hydrogen-bond donors (Lipinski definition) is 1. The molecule has 1 nitrogen and oxygen atoms in total. The summed E-state index contributed by atoms with van der Waals surface area (Å²) < 4.78 is 37.7. The Kier molecular flexibility index (Phi) is 6.32. The zero-order valence-corrected chi connectivity index (χ0v) is 11.9. The van der Waals surface area contributed by atoms with Crippen LogP contribution >= 0.6 is 44.3 Å². The lowest BCUT2D eigenvalue weighted by atomic mass is 10.1. The first-order valence-corrected chi connectivity index (χ1v) is 5.65. The van der Waals surface area contributed by atoms with Gasteiger partial charge in [-0.3, -0.25) is 0 Å². The van der Waals surface area contributed by atoms with E-state index in [0.717, 1.165) is 0 Å². The van der Waals surface area contributed by atoms with Gasteiger partial charge in [-0.25, -0.2) is 0 Å². The summed E-state index contributed by atoms with van der Waals surface area (Å²) in [7, 11) is 0. The fourth-order valence-corrected chi connectivity index (χ4v) is 2.49. The summed E-state index contributed by atoms with van der Waals surface area (Å²) in [5, 5.41) is 0. The lowest BCUT2D eigenvalue weighted by molar-refractivity contribution is -0.138. The minimum absolute atomic E-state index is 0. The Bertz CT molecular complexity index is 337.